The fraction of sp³-hybridized carbons (Fsp3) is 0.176. The summed E-state index contributed by atoms with van der Waals surface area (Å²) >= 11 is 4.87. The molecule has 0 spiro atoms. The van der Waals surface area contributed by atoms with Crippen LogP contribution in [0.2, 0.25) is 0 Å². The molecule has 0 atom stereocenters. The molecule has 1 amide bonds. The molecule has 124 valence electrons. The minimum Gasteiger partial charge on any atom is -0.325 e. The smallest absolute Gasteiger partial charge is 0.325 e. The molecule has 0 saturated carbocycles. The maximum Gasteiger partial charge on any atom is 0.328 e. The minimum atomic E-state index is -0.0840. The first kappa shape index (κ1) is 16.9. The number of rotatable bonds is 4. The molecule has 2 aromatic carbocycles. The Kier molecular flexibility index (Phi) is 4.82. The van der Waals surface area contributed by atoms with Crippen LogP contribution < -0.4 is 11.0 Å². The van der Waals surface area contributed by atoms with Gasteiger partial charge in [0.2, 0.25) is 5.91 Å². The van der Waals surface area contributed by atoms with E-state index in [2.05, 4.69) is 21.2 Å². The highest BCUT2D eigenvalue weighted by Crippen LogP contribution is 2.22. The van der Waals surface area contributed by atoms with Gasteiger partial charge in [0, 0.05) is 29.2 Å². The number of anilines is 1. The highest BCUT2D eigenvalue weighted by Gasteiger charge is 2.10. The maximum atomic E-state index is 12.1. The summed E-state index contributed by atoms with van der Waals surface area (Å²) in [4.78, 5) is 25.1. The number of amides is 1. The normalized spacial score (nSPS) is 11.0. The molecule has 24 heavy (non-hydrogen) atoms. The van der Waals surface area contributed by atoms with E-state index in [-0.39, 0.29) is 11.6 Å². The van der Waals surface area contributed by atoms with Crippen LogP contribution >= 0.6 is 27.7 Å². The van der Waals surface area contributed by atoms with Crippen molar-refractivity contribution in [3.05, 3.63) is 57.4 Å². The van der Waals surface area contributed by atoms with Crippen molar-refractivity contribution in [3.63, 3.8) is 0 Å². The van der Waals surface area contributed by atoms with E-state index in [1.165, 1.54) is 11.8 Å². The minimum absolute atomic E-state index is 0.0804. The largest absolute Gasteiger partial charge is 0.328 e. The summed E-state index contributed by atoms with van der Waals surface area (Å²) in [6, 6.07) is 13.3. The molecular weight excluding hydrogens is 390 g/mol. The predicted octanol–water partition coefficient (Wildman–Crippen LogP) is 3.37. The summed E-state index contributed by atoms with van der Waals surface area (Å²) < 4.78 is 4.17. The van der Waals surface area contributed by atoms with Gasteiger partial charge in [-0.3, -0.25) is 13.9 Å². The standard InChI is InChI=1S/C17H16BrN3O2S/c1-20-14-8-5-12(9-15(14)21(2)17(20)23)19-16(22)10-24-13-6-3-11(18)4-7-13/h3-9H,10H2,1-2H3,(H,19,22). The van der Waals surface area contributed by atoms with Crippen LogP contribution in [-0.2, 0) is 18.9 Å². The Labute approximate surface area is 151 Å². The molecule has 0 fully saturated rings. The van der Waals surface area contributed by atoms with Gasteiger partial charge in [-0.2, -0.15) is 0 Å². The topological polar surface area (TPSA) is 56.0 Å². The van der Waals surface area contributed by atoms with Crippen molar-refractivity contribution in [2.75, 3.05) is 11.1 Å². The summed E-state index contributed by atoms with van der Waals surface area (Å²) in [6.07, 6.45) is 0. The van der Waals surface area contributed by atoms with E-state index in [9.17, 15) is 9.59 Å². The Bertz CT molecular complexity index is 960. The van der Waals surface area contributed by atoms with Crippen molar-refractivity contribution >= 4 is 50.3 Å². The fourth-order valence-electron chi connectivity index (χ4n) is 2.46. The third kappa shape index (κ3) is 3.42. The summed E-state index contributed by atoms with van der Waals surface area (Å²) in [5.41, 5.74) is 2.23. The highest BCUT2D eigenvalue weighted by molar-refractivity contribution is 9.10. The van der Waals surface area contributed by atoms with Gasteiger partial charge in [0.1, 0.15) is 0 Å². The van der Waals surface area contributed by atoms with Crippen LogP contribution in [0.5, 0.6) is 0 Å². The van der Waals surface area contributed by atoms with Gasteiger partial charge < -0.3 is 5.32 Å². The van der Waals surface area contributed by atoms with Crippen molar-refractivity contribution < 1.29 is 4.79 Å². The van der Waals surface area contributed by atoms with Crippen molar-refractivity contribution in [2.45, 2.75) is 4.90 Å². The molecule has 0 bridgehead atoms. The van der Waals surface area contributed by atoms with E-state index in [0.717, 1.165) is 20.4 Å². The maximum absolute atomic E-state index is 12.1. The van der Waals surface area contributed by atoms with Crippen molar-refractivity contribution in [2.24, 2.45) is 14.1 Å². The average Bonchev–Trinajstić information content (AvgIpc) is 2.79. The molecule has 0 radical (unpaired) electrons. The molecule has 3 aromatic rings. The average molecular weight is 406 g/mol. The second-order valence-electron chi connectivity index (χ2n) is 5.39. The van der Waals surface area contributed by atoms with E-state index in [1.54, 1.807) is 23.2 Å². The molecular formula is C17H16BrN3O2S. The van der Waals surface area contributed by atoms with Gasteiger partial charge in [0.25, 0.3) is 0 Å². The SMILES string of the molecule is Cn1c(=O)n(C)c2cc(NC(=O)CSc3ccc(Br)cc3)ccc21. The number of carbonyl (C=O) groups excluding carboxylic acids is 1. The molecule has 5 nitrogen and oxygen atoms in total. The molecule has 1 aromatic heterocycles. The number of hydrogen-bond acceptors (Lipinski definition) is 3. The second-order valence-corrected chi connectivity index (χ2v) is 7.36. The first-order valence-electron chi connectivity index (χ1n) is 7.29. The summed E-state index contributed by atoms with van der Waals surface area (Å²) in [5.74, 6) is 0.246. The van der Waals surface area contributed by atoms with Crippen LogP contribution in [0.25, 0.3) is 11.0 Å². The number of aryl methyl sites for hydroxylation is 2. The van der Waals surface area contributed by atoms with Crippen LogP contribution in [0.3, 0.4) is 0 Å². The van der Waals surface area contributed by atoms with Crippen LogP contribution in [0.4, 0.5) is 5.69 Å². The van der Waals surface area contributed by atoms with Gasteiger partial charge in [-0.25, -0.2) is 4.79 Å². The van der Waals surface area contributed by atoms with Gasteiger partial charge in [0.05, 0.1) is 16.8 Å². The quantitative estimate of drug-likeness (QED) is 0.676. The Morgan fingerprint density at radius 2 is 1.75 bits per heavy atom. The number of hydrogen-bond donors (Lipinski definition) is 1. The number of carbonyl (C=O) groups is 1. The summed E-state index contributed by atoms with van der Waals surface area (Å²) in [5, 5.41) is 2.88. The van der Waals surface area contributed by atoms with Gasteiger partial charge in [-0.15, -0.1) is 11.8 Å². The molecule has 0 aliphatic heterocycles. The van der Waals surface area contributed by atoms with Gasteiger partial charge in [-0.1, -0.05) is 15.9 Å². The van der Waals surface area contributed by atoms with Gasteiger partial charge in [-0.05, 0) is 42.5 Å². The molecule has 0 unspecified atom stereocenters. The third-order valence-electron chi connectivity index (χ3n) is 3.74. The third-order valence-corrected chi connectivity index (χ3v) is 5.28. The van der Waals surface area contributed by atoms with Crippen molar-refractivity contribution in [1.29, 1.82) is 0 Å². The van der Waals surface area contributed by atoms with Crippen LogP contribution in [0.15, 0.2) is 56.6 Å². The molecule has 0 aliphatic rings. The molecule has 0 aliphatic carbocycles. The van der Waals surface area contributed by atoms with E-state index < -0.39 is 0 Å². The number of thioether (sulfide) groups is 1. The lowest BCUT2D eigenvalue weighted by atomic mass is 10.2. The first-order chi connectivity index (χ1) is 11.5. The zero-order valence-corrected chi connectivity index (χ0v) is 15.6. The van der Waals surface area contributed by atoms with Gasteiger partial charge >= 0.3 is 5.69 Å². The number of nitrogens with zero attached hydrogens (tertiary/aromatic N) is 2. The number of benzene rings is 2. The Morgan fingerprint density at radius 1 is 1.08 bits per heavy atom. The second kappa shape index (κ2) is 6.86. The molecule has 1 N–H and O–H groups in total. The fourth-order valence-corrected chi connectivity index (χ4v) is 3.42. The van der Waals surface area contributed by atoms with E-state index in [0.29, 0.717) is 11.4 Å². The predicted molar refractivity (Wildman–Crippen MR) is 102 cm³/mol. The van der Waals surface area contributed by atoms with Crippen LogP contribution in [0, 0.1) is 0 Å². The van der Waals surface area contributed by atoms with E-state index in [4.69, 9.17) is 0 Å². The van der Waals surface area contributed by atoms with Crippen LogP contribution in [-0.4, -0.2) is 20.8 Å². The van der Waals surface area contributed by atoms with Crippen LogP contribution in [0.1, 0.15) is 0 Å². The summed E-state index contributed by atoms with van der Waals surface area (Å²) in [7, 11) is 3.46. The van der Waals surface area contributed by atoms with Crippen molar-refractivity contribution in [3.8, 4) is 0 Å². The Balaban J connectivity index is 1.70. The van der Waals surface area contributed by atoms with E-state index >= 15 is 0 Å². The van der Waals surface area contributed by atoms with Gasteiger partial charge in [0.15, 0.2) is 0 Å². The number of fused-ring (bicyclic) bond motifs is 1. The molecule has 7 heteroatoms. The number of aromatic nitrogens is 2. The zero-order chi connectivity index (χ0) is 17.3. The molecule has 1 heterocycles. The first-order valence-corrected chi connectivity index (χ1v) is 9.07. The highest BCUT2D eigenvalue weighted by atomic mass is 79.9. The zero-order valence-electron chi connectivity index (χ0n) is 13.2. The molecule has 0 saturated heterocycles. The lowest BCUT2D eigenvalue weighted by molar-refractivity contribution is -0.113. The van der Waals surface area contributed by atoms with E-state index in [1.807, 2.05) is 42.5 Å². The lowest BCUT2D eigenvalue weighted by Gasteiger charge is -2.06. The monoisotopic (exact) mass is 405 g/mol. The molecule has 3 rings (SSSR count). The van der Waals surface area contributed by atoms with Crippen molar-refractivity contribution in [1.82, 2.24) is 9.13 Å². The lowest BCUT2D eigenvalue weighted by Crippen LogP contribution is -2.19. The number of halogens is 1. The summed E-state index contributed by atoms with van der Waals surface area (Å²) in [6.45, 7) is 0. The Morgan fingerprint density at radius 3 is 2.46 bits per heavy atom. The number of imidazole rings is 1. The Hall–Kier alpha value is -1.99. The number of nitrogens with one attached hydrogen (secondary N) is 1.